The van der Waals surface area contributed by atoms with Crippen molar-refractivity contribution in [1.29, 1.82) is 0 Å². The van der Waals surface area contributed by atoms with Gasteiger partial charge in [-0.2, -0.15) is 5.10 Å². The lowest BCUT2D eigenvalue weighted by molar-refractivity contribution is 0.0600. The van der Waals surface area contributed by atoms with E-state index in [4.69, 9.17) is 9.47 Å². The van der Waals surface area contributed by atoms with Crippen molar-refractivity contribution < 1.29 is 14.3 Å². The Bertz CT molecular complexity index is 809. The lowest BCUT2D eigenvalue weighted by Gasteiger charge is -2.00. The van der Waals surface area contributed by atoms with Crippen molar-refractivity contribution in [3.8, 4) is 5.75 Å². The Hall–Kier alpha value is -2.89. The maximum atomic E-state index is 11.5. The molecular weight excluding hydrogens is 282 g/mol. The first kappa shape index (κ1) is 14.1. The van der Waals surface area contributed by atoms with E-state index in [2.05, 4.69) is 10.1 Å². The number of rotatable bonds is 4. The van der Waals surface area contributed by atoms with E-state index in [-0.39, 0.29) is 5.97 Å². The summed E-state index contributed by atoms with van der Waals surface area (Å²) in [6.45, 7) is 0. The molecule has 2 aromatic heterocycles. The number of hydrogen-bond acceptors (Lipinski definition) is 5. The molecule has 0 aliphatic rings. The highest BCUT2D eigenvalue weighted by molar-refractivity contribution is 5.90. The standard InChI is InChI=1S/C16H15N3O3/c1-21-13-5-3-11(4-6-13)9-14-17-15-10-12(16(20)22-2)7-8-19(15)18-14/h3-8,10H,9H2,1-2H3. The van der Waals surface area contributed by atoms with Gasteiger partial charge in [0.25, 0.3) is 0 Å². The minimum atomic E-state index is -0.387. The predicted octanol–water partition coefficient (Wildman–Crippen LogP) is 2.12. The number of ether oxygens (including phenoxy) is 2. The third-order valence-electron chi connectivity index (χ3n) is 3.32. The molecule has 3 rings (SSSR count). The summed E-state index contributed by atoms with van der Waals surface area (Å²) < 4.78 is 11.5. The highest BCUT2D eigenvalue weighted by Gasteiger charge is 2.09. The molecule has 0 unspecified atom stereocenters. The van der Waals surface area contributed by atoms with Gasteiger partial charge in [-0.15, -0.1) is 0 Å². The molecule has 6 heteroatoms. The molecule has 0 atom stereocenters. The molecule has 3 aromatic rings. The van der Waals surface area contributed by atoms with Crippen LogP contribution in [0.3, 0.4) is 0 Å². The number of fused-ring (bicyclic) bond motifs is 1. The second-order valence-electron chi connectivity index (χ2n) is 4.76. The van der Waals surface area contributed by atoms with Crippen LogP contribution in [0.1, 0.15) is 21.7 Å². The fourth-order valence-electron chi connectivity index (χ4n) is 2.17. The monoisotopic (exact) mass is 297 g/mol. The summed E-state index contributed by atoms with van der Waals surface area (Å²) in [6, 6.07) is 11.1. The first-order chi connectivity index (χ1) is 10.7. The van der Waals surface area contributed by atoms with E-state index >= 15 is 0 Å². The molecule has 1 aromatic carbocycles. The lowest BCUT2D eigenvalue weighted by Crippen LogP contribution is -2.02. The van der Waals surface area contributed by atoms with Crippen molar-refractivity contribution in [1.82, 2.24) is 14.6 Å². The first-order valence-electron chi connectivity index (χ1n) is 6.76. The van der Waals surface area contributed by atoms with Gasteiger partial charge in [0.1, 0.15) is 5.75 Å². The van der Waals surface area contributed by atoms with Crippen LogP contribution in [0, 0.1) is 0 Å². The van der Waals surface area contributed by atoms with Gasteiger partial charge in [-0.25, -0.2) is 14.3 Å². The van der Waals surface area contributed by atoms with Gasteiger partial charge < -0.3 is 9.47 Å². The average molecular weight is 297 g/mol. The number of benzene rings is 1. The molecule has 0 amide bonds. The summed E-state index contributed by atoms with van der Waals surface area (Å²) in [6.07, 6.45) is 2.31. The minimum Gasteiger partial charge on any atom is -0.497 e. The quantitative estimate of drug-likeness (QED) is 0.690. The largest absolute Gasteiger partial charge is 0.497 e. The zero-order chi connectivity index (χ0) is 15.5. The molecule has 0 aliphatic carbocycles. The van der Waals surface area contributed by atoms with Gasteiger partial charge in [0, 0.05) is 12.6 Å². The minimum absolute atomic E-state index is 0.387. The fraction of sp³-hybridized carbons (Fsp3) is 0.188. The molecule has 0 radical (unpaired) electrons. The van der Waals surface area contributed by atoms with Crippen molar-refractivity contribution in [3.05, 3.63) is 59.5 Å². The zero-order valence-electron chi connectivity index (χ0n) is 12.3. The summed E-state index contributed by atoms with van der Waals surface area (Å²) in [5.74, 6) is 1.11. The third kappa shape index (κ3) is 2.76. The molecule has 2 heterocycles. The van der Waals surface area contributed by atoms with Crippen molar-refractivity contribution in [3.63, 3.8) is 0 Å². The lowest BCUT2D eigenvalue weighted by atomic mass is 10.1. The SMILES string of the molecule is COC(=O)c1ccn2nc(Cc3ccc(OC)cc3)nc2c1. The Morgan fingerprint density at radius 1 is 1.18 bits per heavy atom. The Morgan fingerprint density at radius 3 is 2.64 bits per heavy atom. The van der Waals surface area contributed by atoms with Gasteiger partial charge in [0.15, 0.2) is 11.5 Å². The van der Waals surface area contributed by atoms with Gasteiger partial charge in [0.2, 0.25) is 0 Å². The van der Waals surface area contributed by atoms with Crippen LogP contribution in [0.25, 0.3) is 5.65 Å². The molecule has 0 saturated carbocycles. The number of esters is 1. The second-order valence-corrected chi connectivity index (χ2v) is 4.76. The van der Waals surface area contributed by atoms with Gasteiger partial charge in [-0.3, -0.25) is 0 Å². The van der Waals surface area contributed by atoms with Crippen LogP contribution in [0.5, 0.6) is 5.75 Å². The van der Waals surface area contributed by atoms with Crippen LogP contribution in [0.15, 0.2) is 42.6 Å². The van der Waals surface area contributed by atoms with Crippen LogP contribution in [-0.2, 0) is 11.2 Å². The van der Waals surface area contributed by atoms with E-state index in [1.165, 1.54) is 7.11 Å². The molecule has 6 nitrogen and oxygen atoms in total. The molecule has 0 fully saturated rings. The Morgan fingerprint density at radius 2 is 1.95 bits per heavy atom. The topological polar surface area (TPSA) is 65.7 Å². The summed E-state index contributed by atoms with van der Waals surface area (Å²) in [7, 11) is 2.99. The van der Waals surface area contributed by atoms with Crippen LogP contribution in [-0.4, -0.2) is 34.8 Å². The molecule has 0 N–H and O–H groups in total. The first-order valence-corrected chi connectivity index (χ1v) is 6.76. The number of carbonyl (C=O) groups excluding carboxylic acids is 1. The molecule has 0 aliphatic heterocycles. The number of pyridine rings is 1. The Balaban J connectivity index is 1.86. The number of nitrogens with zero attached hydrogens (tertiary/aromatic N) is 3. The number of aromatic nitrogens is 3. The molecular formula is C16H15N3O3. The summed E-state index contributed by atoms with van der Waals surface area (Å²) in [4.78, 5) is 16.0. The maximum absolute atomic E-state index is 11.5. The Labute approximate surface area is 127 Å². The van der Waals surface area contributed by atoms with E-state index < -0.39 is 0 Å². The zero-order valence-corrected chi connectivity index (χ0v) is 12.3. The number of carbonyl (C=O) groups is 1. The summed E-state index contributed by atoms with van der Waals surface area (Å²) in [5, 5.41) is 4.40. The van der Waals surface area contributed by atoms with Crippen molar-refractivity contribution in [2.75, 3.05) is 14.2 Å². The smallest absolute Gasteiger partial charge is 0.338 e. The van der Waals surface area contributed by atoms with E-state index in [9.17, 15) is 4.79 Å². The number of hydrogen-bond donors (Lipinski definition) is 0. The Kier molecular flexibility index (Phi) is 3.74. The van der Waals surface area contributed by atoms with Gasteiger partial charge >= 0.3 is 5.97 Å². The van der Waals surface area contributed by atoms with E-state index in [1.807, 2.05) is 24.3 Å². The van der Waals surface area contributed by atoms with Crippen LogP contribution in [0.2, 0.25) is 0 Å². The van der Waals surface area contributed by atoms with Crippen molar-refractivity contribution in [2.24, 2.45) is 0 Å². The predicted molar refractivity (Wildman–Crippen MR) is 80.1 cm³/mol. The van der Waals surface area contributed by atoms with Crippen molar-refractivity contribution >= 4 is 11.6 Å². The van der Waals surface area contributed by atoms with E-state index in [0.29, 0.717) is 23.5 Å². The third-order valence-corrected chi connectivity index (χ3v) is 3.32. The molecule has 22 heavy (non-hydrogen) atoms. The van der Waals surface area contributed by atoms with Crippen LogP contribution >= 0.6 is 0 Å². The van der Waals surface area contributed by atoms with E-state index in [0.717, 1.165) is 11.3 Å². The summed E-state index contributed by atoms with van der Waals surface area (Å²) >= 11 is 0. The molecule has 0 saturated heterocycles. The average Bonchev–Trinajstić information content (AvgIpc) is 2.96. The van der Waals surface area contributed by atoms with Gasteiger partial charge in [0.05, 0.1) is 19.8 Å². The molecule has 0 spiro atoms. The molecule has 112 valence electrons. The maximum Gasteiger partial charge on any atom is 0.338 e. The highest BCUT2D eigenvalue weighted by Crippen LogP contribution is 2.14. The van der Waals surface area contributed by atoms with Crippen LogP contribution < -0.4 is 4.74 Å². The van der Waals surface area contributed by atoms with Crippen molar-refractivity contribution in [2.45, 2.75) is 6.42 Å². The normalized spacial score (nSPS) is 10.6. The van der Waals surface area contributed by atoms with Gasteiger partial charge in [-0.05, 0) is 29.8 Å². The van der Waals surface area contributed by atoms with Crippen LogP contribution in [0.4, 0.5) is 0 Å². The number of methoxy groups -OCH3 is 2. The van der Waals surface area contributed by atoms with E-state index in [1.54, 1.807) is 30.0 Å². The summed E-state index contributed by atoms with van der Waals surface area (Å²) in [5.41, 5.74) is 2.16. The second kappa shape index (κ2) is 5.85. The highest BCUT2D eigenvalue weighted by atomic mass is 16.5. The molecule has 0 bridgehead atoms. The fourth-order valence-corrected chi connectivity index (χ4v) is 2.17. The van der Waals surface area contributed by atoms with Gasteiger partial charge in [-0.1, -0.05) is 12.1 Å².